The van der Waals surface area contributed by atoms with E-state index in [1.807, 2.05) is 30.3 Å². The van der Waals surface area contributed by atoms with Crippen molar-refractivity contribution in [3.8, 4) is 11.4 Å². The lowest BCUT2D eigenvalue weighted by atomic mass is 10.0. The molecular formula is C28H24F5N5O2S. The average Bonchev–Trinajstić information content (AvgIpc) is 3.67. The first-order valence-electron chi connectivity index (χ1n) is 12.6. The normalized spacial score (nSPS) is 18.2. The zero-order chi connectivity index (χ0) is 29.4. The molecule has 1 saturated heterocycles. The summed E-state index contributed by atoms with van der Waals surface area (Å²) < 4.78 is 68.6. The highest BCUT2D eigenvalue weighted by atomic mass is 32.2. The lowest BCUT2D eigenvalue weighted by molar-refractivity contribution is -0.360. The molecule has 1 amide bonds. The summed E-state index contributed by atoms with van der Waals surface area (Å²) in [5.74, 6) is 0.377. The minimum Gasteiger partial charge on any atom is -0.426 e. The van der Waals surface area contributed by atoms with Gasteiger partial charge in [0.25, 0.3) is 0 Å². The van der Waals surface area contributed by atoms with Gasteiger partial charge in [0.15, 0.2) is 5.82 Å². The lowest BCUT2D eigenvalue weighted by Gasteiger charge is -2.22. The van der Waals surface area contributed by atoms with Gasteiger partial charge in [0.2, 0.25) is 5.91 Å². The Morgan fingerprint density at radius 1 is 1.05 bits per heavy atom. The van der Waals surface area contributed by atoms with Crippen LogP contribution in [0.2, 0.25) is 0 Å². The van der Waals surface area contributed by atoms with E-state index in [-0.39, 0.29) is 11.8 Å². The van der Waals surface area contributed by atoms with E-state index in [2.05, 4.69) is 33.7 Å². The molecular weight excluding hydrogens is 565 g/mol. The van der Waals surface area contributed by atoms with Crippen molar-refractivity contribution in [2.24, 2.45) is 4.99 Å². The van der Waals surface area contributed by atoms with Crippen LogP contribution in [0.5, 0.6) is 5.75 Å². The van der Waals surface area contributed by atoms with Crippen LogP contribution in [-0.4, -0.2) is 44.4 Å². The molecule has 13 heteroatoms. The van der Waals surface area contributed by atoms with Crippen molar-refractivity contribution in [3.05, 3.63) is 83.6 Å². The molecule has 1 fully saturated rings. The number of aliphatic imine (C=N–C) groups is 1. The predicted octanol–water partition coefficient (Wildman–Crippen LogP) is 7.12. The second kappa shape index (κ2) is 11.1. The molecule has 0 radical (unpaired) electrons. The van der Waals surface area contributed by atoms with Gasteiger partial charge in [-0.05, 0) is 60.7 Å². The molecule has 0 unspecified atom stereocenters. The molecule has 1 aliphatic carbocycles. The molecule has 1 aromatic heterocycles. The van der Waals surface area contributed by atoms with Gasteiger partial charge >= 0.3 is 12.3 Å². The van der Waals surface area contributed by atoms with E-state index in [9.17, 15) is 26.7 Å². The van der Waals surface area contributed by atoms with Crippen LogP contribution in [-0.2, 0) is 4.79 Å². The van der Waals surface area contributed by atoms with Crippen molar-refractivity contribution in [1.29, 1.82) is 0 Å². The van der Waals surface area contributed by atoms with E-state index in [0.29, 0.717) is 30.1 Å². The Morgan fingerprint density at radius 3 is 2.49 bits per heavy atom. The Bertz CT molecular complexity index is 1540. The van der Waals surface area contributed by atoms with Gasteiger partial charge in [0.1, 0.15) is 17.1 Å². The van der Waals surface area contributed by atoms with Gasteiger partial charge in [-0.15, -0.1) is 5.10 Å². The number of rotatable bonds is 7. The highest BCUT2D eigenvalue weighted by Gasteiger charge is 2.61. The number of thioether (sulfide) groups is 1. The van der Waals surface area contributed by atoms with Crippen LogP contribution in [0.4, 0.5) is 27.6 Å². The second-order valence-electron chi connectivity index (χ2n) is 9.61. The number of carbonyl (C=O) groups is 1. The summed E-state index contributed by atoms with van der Waals surface area (Å²) in [6, 6.07) is 12.4. The third-order valence-electron chi connectivity index (χ3n) is 6.40. The average molecular weight is 590 g/mol. The number of ether oxygens (including phenoxy) is 1. The van der Waals surface area contributed by atoms with E-state index in [4.69, 9.17) is 0 Å². The molecule has 0 atom stereocenters. The second-order valence-corrected chi connectivity index (χ2v) is 10.6. The van der Waals surface area contributed by atoms with Crippen molar-refractivity contribution in [2.45, 2.75) is 44.9 Å². The SMILES string of the molecule is CC(C)c1ccccc1N1C(=O)CS/C1=C\N=C1\C=C(c2ncn(-c3ccc(OC(F)(F)C(F)(F)F)cc3)n2)CC1. The smallest absolute Gasteiger partial charge is 0.426 e. The number of hydrogen-bond acceptors (Lipinski definition) is 6. The minimum atomic E-state index is -5.83. The Morgan fingerprint density at radius 2 is 1.78 bits per heavy atom. The first-order chi connectivity index (χ1) is 19.4. The number of anilines is 1. The molecule has 214 valence electrons. The maximum absolute atomic E-state index is 13.1. The number of nitrogens with zero attached hydrogens (tertiary/aromatic N) is 5. The predicted molar refractivity (Wildman–Crippen MR) is 146 cm³/mol. The molecule has 0 N–H and O–H groups in total. The number of alkyl halides is 5. The number of amides is 1. The summed E-state index contributed by atoms with van der Waals surface area (Å²) in [6.45, 7) is 4.17. The van der Waals surface area contributed by atoms with Crippen molar-refractivity contribution in [1.82, 2.24) is 14.8 Å². The number of para-hydroxylation sites is 1. The fraction of sp³-hybridized carbons (Fsp3) is 0.286. The van der Waals surface area contributed by atoms with E-state index in [0.717, 1.165) is 39.7 Å². The minimum absolute atomic E-state index is 0.000557. The highest BCUT2D eigenvalue weighted by molar-refractivity contribution is 8.04. The summed E-state index contributed by atoms with van der Waals surface area (Å²) >= 11 is 1.44. The molecule has 41 heavy (non-hydrogen) atoms. The summed E-state index contributed by atoms with van der Waals surface area (Å²) in [5.41, 5.74) is 3.96. The Hall–Kier alpha value is -4.00. The van der Waals surface area contributed by atoms with Gasteiger partial charge < -0.3 is 4.74 Å². The van der Waals surface area contributed by atoms with Crippen LogP contribution in [0.15, 0.2) is 77.2 Å². The number of carbonyl (C=O) groups excluding carboxylic acids is 1. The zero-order valence-corrected chi connectivity index (χ0v) is 22.7. The molecule has 3 aromatic rings. The maximum atomic E-state index is 13.1. The maximum Gasteiger partial charge on any atom is 0.499 e. The molecule has 7 nitrogen and oxygen atoms in total. The number of allylic oxidation sites excluding steroid dienone is 2. The molecule has 5 rings (SSSR count). The Balaban J connectivity index is 1.30. The third kappa shape index (κ3) is 6.04. The molecule has 2 aliphatic rings. The topological polar surface area (TPSA) is 72.6 Å². The van der Waals surface area contributed by atoms with E-state index >= 15 is 0 Å². The van der Waals surface area contributed by atoms with Crippen LogP contribution in [0.1, 0.15) is 44.0 Å². The van der Waals surface area contributed by atoms with E-state index in [1.54, 1.807) is 11.1 Å². The quantitative estimate of drug-likeness (QED) is 0.275. The van der Waals surface area contributed by atoms with Gasteiger partial charge in [0.05, 0.1) is 23.3 Å². The molecule has 0 bridgehead atoms. The van der Waals surface area contributed by atoms with Crippen molar-refractivity contribution in [3.63, 3.8) is 0 Å². The summed E-state index contributed by atoms with van der Waals surface area (Å²) in [7, 11) is 0. The van der Waals surface area contributed by atoms with Gasteiger partial charge in [0, 0.05) is 11.3 Å². The molecule has 0 saturated carbocycles. The first-order valence-corrected chi connectivity index (χ1v) is 13.6. The monoisotopic (exact) mass is 589 g/mol. The summed E-state index contributed by atoms with van der Waals surface area (Å²) in [5, 5.41) is 5.16. The van der Waals surface area contributed by atoms with Crippen LogP contribution in [0, 0.1) is 0 Å². The molecule has 0 spiro atoms. The number of hydrogen-bond donors (Lipinski definition) is 0. The number of aromatic nitrogens is 3. The van der Waals surface area contributed by atoms with Crippen LogP contribution >= 0.6 is 11.8 Å². The van der Waals surface area contributed by atoms with Crippen molar-refractivity contribution in [2.75, 3.05) is 10.7 Å². The largest absolute Gasteiger partial charge is 0.499 e. The zero-order valence-electron chi connectivity index (χ0n) is 21.9. The summed E-state index contributed by atoms with van der Waals surface area (Å²) in [4.78, 5) is 23.4. The number of halogens is 5. The highest BCUT2D eigenvalue weighted by Crippen LogP contribution is 2.39. The molecule has 2 heterocycles. The van der Waals surface area contributed by atoms with E-state index < -0.39 is 18.0 Å². The van der Waals surface area contributed by atoms with Crippen molar-refractivity contribution >= 4 is 34.6 Å². The van der Waals surface area contributed by atoms with Gasteiger partial charge in [-0.25, -0.2) is 9.67 Å². The van der Waals surface area contributed by atoms with Gasteiger partial charge in [-0.2, -0.15) is 22.0 Å². The molecule has 1 aliphatic heterocycles. The van der Waals surface area contributed by atoms with Crippen molar-refractivity contribution < 1.29 is 31.5 Å². The standard InChI is InChI=1S/C28H24F5N5O2S/c1-17(2)22-5-3-4-6-23(22)38-24(39)15-41-25(38)14-34-19-8-7-18(13-19)26-35-16-37(36-26)20-9-11-21(12-10-20)40-28(32,33)27(29,30)31/h3-6,9-14,16-17H,7-8,15H2,1-2H3/b25-14-,34-19+. The first kappa shape index (κ1) is 28.5. The number of benzene rings is 2. The Kier molecular flexibility index (Phi) is 7.73. The van der Waals surface area contributed by atoms with Gasteiger partial charge in [-0.1, -0.05) is 43.8 Å². The van der Waals surface area contributed by atoms with Crippen LogP contribution in [0.25, 0.3) is 11.3 Å². The van der Waals surface area contributed by atoms with Crippen LogP contribution < -0.4 is 9.64 Å². The lowest BCUT2D eigenvalue weighted by Crippen LogP contribution is -2.41. The van der Waals surface area contributed by atoms with Gasteiger partial charge in [-0.3, -0.25) is 14.7 Å². The Labute approximate surface area is 236 Å². The molecule has 2 aromatic carbocycles. The fourth-order valence-corrected chi connectivity index (χ4v) is 5.20. The fourth-order valence-electron chi connectivity index (χ4n) is 4.35. The van der Waals surface area contributed by atoms with Crippen LogP contribution in [0.3, 0.4) is 0 Å². The summed E-state index contributed by atoms with van der Waals surface area (Å²) in [6.07, 6.45) is -4.85. The third-order valence-corrected chi connectivity index (χ3v) is 7.38. The van der Waals surface area contributed by atoms with E-state index in [1.165, 1.54) is 34.9 Å².